The van der Waals surface area contributed by atoms with Gasteiger partial charge in [0, 0.05) is 23.3 Å². The molecule has 0 atom stereocenters. The van der Waals surface area contributed by atoms with Gasteiger partial charge in [-0.25, -0.2) is 9.78 Å². The van der Waals surface area contributed by atoms with E-state index in [1.165, 1.54) is 23.2 Å². The summed E-state index contributed by atoms with van der Waals surface area (Å²) >= 11 is 3.30. The van der Waals surface area contributed by atoms with E-state index in [1.54, 1.807) is 31.3 Å². The third kappa shape index (κ3) is 3.03. The molecule has 1 N–H and O–H groups in total. The number of benzene rings is 1. The zero-order valence-electron chi connectivity index (χ0n) is 10.6. The van der Waals surface area contributed by atoms with Crippen LogP contribution in [-0.4, -0.2) is 29.0 Å². The third-order valence-corrected chi connectivity index (χ3v) is 3.26. The highest BCUT2D eigenvalue weighted by molar-refractivity contribution is 9.10. The Hall–Kier alpha value is -2.21. The molecule has 2 rings (SSSR count). The highest BCUT2D eigenvalue weighted by atomic mass is 79.9. The maximum atomic E-state index is 12.3. The van der Waals surface area contributed by atoms with Crippen LogP contribution in [0.3, 0.4) is 0 Å². The van der Waals surface area contributed by atoms with Crippen molar-refractivity contribution in [1.29, 1.82) is 0 Å². The average molecular weight is 335 g/mol. The average Bonchev–Trinajstić information content (AvgIpc) is 2.46. The van der Waals surface area contributed by atoms with Crippen molar-refractivity contribution in [2.75, 3.05) is 11.9 Å². The molecule has 1 amide bonds. The van der Waals surface area contributed by atoms with E-state index in [0.29, 0.717) is 5.56 Å². The third-order valence-electron chi connectivity index (χ3n) is 2.73. The van der Waals surface area contributed by atoms with E-state index in [0.717, 1.165) is 4.47 Å². The van der Waals surface area contributed by atoms with E-state index in [4.69, 9.17) is 5.11 Å². The molecule has 5 nitrogen and oxygen atoms in total. The number of aromatic carboxylic acids is 1. The van der Waals surface area contributed by atoms with Crippen LogP contribution in [0, 0.1) is 0 Å². The Morgan fingerprint density at radius 2 is 1.80 bits per heavy atom. The molecular formula is C14H11BrN2O3. The second kappa shape index (κ2) is 5.83. The summed E-state index contributed by atoms with van der Waals surface area (Å²) in [7, 11) is 1.55. The summed E-state index contributed by atoms with van der Waals surface area (Å²) in [5, 5.41) is 8.94. The van der Waals surface area contributed by atoms with Crippen molar-refractivity contribution in [3.63, 3.8) is 0 Å². The molecule has 1 heterocycles. The quantitative estimate of drug-likeness (QED) is 0.936. The Morgan fingerprint density at radius 3 is 2.40 bits per heavy atom. The molecule has 0 fully saturated rings. The van der Waals surface area contributed by atoms with Crippen LogP contribution >= 0.6 is 15.9 Å². The number of aromatic nitrogens is 1. The predicted octanol–water partition coefficient (Wildman–Crippen LogP) is 2.82. The van der Waals surface area contributed by atoms with Crippen molar-refractivity contribution in [2.45, 2.75) is 0 Å². The van der Waals surface area contributed by atoms with Crippen LogP contribution in [-0.2, 0) is 0 Å². The molecule has 0 unspecified atom stereocenters. The number of carbonyl (C=O) groups is 2. The van der Waals surface area contributed by atoms with Crippen LogP contribution in [0.5, 0.6) is 0 Å². The number of carboxylic acids is 1. The number of rotatable bonds is 3. The summed E-state index contributed by atoms with van der Waals surface area (Å²) in [6, 6.07) is 9.64. The van der Waals surface area contributed by atoms with Crippen LogP contribution in [0.4, 0.5) is 5.82 Å². The lowest BCUT2D eigenvalue weighted by Crippen LogP contribution is -2.27. The van der Waals surface area contributed by atoms with Crippen LogP contribution < -0.4 is 4.90 Å². The molecule has 0 aliphatic carbocycles. The molecule has 0 aliphatic rings. The van der Waals surface area contributed by atoms with E-state index in [-0.39, 0.29) is 17.3 Å². The van der Waals surface area contributed by atoms with Crippen LogP contribution in [0.2, 0.25) is 0 Å². The topological polar surface area (TPSA) is 70.5 Å². The number of halogens is 1. The van der Waals surface area contributed by atoms with Crippen molar-refractivity contribution < 1.29 is 14.7 Å². The number of hydrogen-bond donors (Lipinski definition) is 1. The fraction of sp³-hybridized carbons (Fsp3) is 0.0714. The molecule has 0 saturated heterocycles. The number of anilines is 1. The standard InChI is InChI=1S/C14H11BrN2O3/c1-17(12-8-10(14(19)20)6-7-16-12)13(18)9-2-4-11(15)5-3-9/h2-8H,1H3,(H,19,20). The summed E-state index contributed by atoms with van der Waals surface area (Å²) in [6.45, 7) is 0. The van der Waals surface area contributed by atoms with E-state index in [9.17, 15) is 9.59 Å². The van der Waals surface area contributed by atoms with Gasteiger partial charge in [0.2, 0.25) is 0 Å². The molecule has 20 heavy (non-hydrogen) atoms. The molecular weight excluding hydrogens is 324 g/mol. The minimum atomic E-state index is -1.06. The van der Waals surface area contributed by atoms with Gasteiger partial charge in [-0.1, -0.05) is 15.9 Å². The van der Waals surface area contributed by atoms with Crippen molar-refractivity contribution >= 4 is 33.6 Å². The summed E-state index contributed by atoms with van der Waals surface area (Å²) < 4.78 is 0.878. The van der Waals surface area contributed by atoms with E-state index in [1.807, 2.05) is 0 Å². The van der Waals surface area contributed by atoms with Gasteiger partial charge in [0.05, 0.1) is 5.56 Å². The van der Waals surface area contributed by atoms with E-state index < -0.39 is 5.97 Å². The first-order chi connectivity index (χ1) is 9.49. The fourth-order valence-corrected chi connectivity index (χ4v) is 1.89. The zero-order chi connectivity index (χ0) is 14.7. The van der Waals surface area contributed by atoms with Crippen molar-refractivity contribution in [3.05, 3.63) is 58.2 Å². The van der Waals surface area contributed by atoms with E-state index >= 15 is 0 Å². The number of amides is 1. The minimum Gasteiger partial charge on any atom is -0.478 e. The summed E-state index contributed by atoms with van der Waals surface area (Å²) in [5.41, 5.74) is 0.587. The molecule has 6 heteroatoms. The maximum Gasteiger partial charge on any atom is 0.335 e. The highest BCUT2D eigenvalue weighted by Crippen LogP contribution is 2.16. The lowest BCUT2D eigenvalue weighted by molar-refractivity contribution is 0.0696. The molecule has 1 aromatic heterocycles. The molecule has 0 saturated carbocycles. The smallest absolute Gasteiger partial charge is 0.335 e. The Morgan fingerprint density at radius 1 is 1.15 bits per heavy atom. The van der Waals surface area contributed by atoms with Gasteiger partial charge in [-0.05, 0) is 36.4 Å². The van der Waals surface area contributed by atoms with E-state index in [2.05, 4.69) is 20.9 Å². The number of nitrogens with zero attached hydrogens (tertiary/aromatic N) is 2. The first-order valence-electron chi connectivity index (χ1n) is 5.72. The first kappa shape index (κ1) is 14.2. The number of carbonyl (C=O) groups excluding carboxylic acids is 1. The molecule has 0 bridgehead atoms. The summed E-state index contributed by atoms with van der Waals surface area (Å²) in [5.74, 6) is -1.02. The van der Waals surface area contributed by atoms with Gasteiger partial charge < -0.3 is 5.11 Å². The Balaban J connectivity index is 2.28. The van der Waals surface area contributed by atoms with Crippen molar-refractivity contribution in [1.82, 2.24) is 4.98 Å². The first-order valence-corrected chi connectivity index (χ1v) is 6.51. The number of hydrogen-bond acceptors (Lipinski definition) is 3. The normalized spacial score (nSPS) is 10.1. The maximum absolute atomic E-state index is 12.3. The van der Waals surface area contributed by atoms with Gasteiger partial charge in [-0.2, -0.15) is 0 Å². The van der Waals surface area contributed by atoms with Crippen molar-refractivity contribution in [3.8, 4) is 0 Å². The van der Waals surface area contributed by atoms with Gasteiger partial charge in [0.25, 0.3) is 5.91 Å². The van der Waals surface area contributed by atoms with Crippen molar-refractivity contribution in [2.24, 2.45) is 0 Å². The van der Waals surface area contributed by atoms with Gasteiger partial charge in [0.1, 0.15) is 5.82 Å². The number of carboxylic acid groups (broad SMARTS) is 1. The predicted molar refractivity (Wildman–Crippen MR) is 78.1 cm³/mol. The Bertz CT molecular complexity index is 656. The molecule has 0 radical (unpaired) electrons. The molecule has 102 valence electrons. The Labute approximate surface area is 124 Å². The zero-order valence-corrected chi connectivity index (χ0v) is 12.2. The lowest BCUT2D eigenvalue weighted by atomic mass is 10.2. The van der Waals surface area contributed by atoms with Gasteiger partial charge in [-0.3, -0.25) is 9.69 Å². The monoisotopic (exact) mass is 334 g/mol. The minimum absolute atomic E-state index is 0.0884. The van der Waals surface area contributed by atoms with Crippen LogP contribution in [0.1, 0.15) is 20.7 Å². The fourth-order valence-electron chi connectivity index (χ4n) is 1.63. The molecule has 2 aromatic rings. The van der Waals surface area contributed by atoms with Crippen LogP contribution in [0.15, 0.2) is 47.1 Å². The molecule has 1 aromatic carbocycles. The van der Waals surface area contributed by atoms with Crippen LogP contribution in [0.25, 0.3) is 0 Å². The highest BCUT2D eigenvalue weighted by Gasteiger charge is 2.15. The lowest BCUT2D eigenvalue weighted by Gasteiger charge is -2.16. The number of pyridine rings is 1. The molecule has 0 spiro atoms. The summed E-state index contributed by atoms with van der Waals surface area (Å²) in [4.78, 5) is 28.5. The molecule has 0 aliphatic heterocycles. The second-order valence-electron chi connectivity index (χ2n) is 4.08. The second-order valence-corrected chi connectivity index (χ2v) is 4.99. The largest absolute Gasteiger partial charge is 0.478 e. The van der Waals surface area contributed by atoms with Gasteiger partial charge >= 0.3 is 5.97 Å². The summed E-state index contributed by atoms with van der Waals surface area (Å²) in [6.07, 6.45) is 1.37. The van der Waals surface area contributed by atoms with Gasteiger partial charge in [-0.15, -0.1) is 0 Å². The van der Waals surface area contributed by atoms with Gasteiger partial charge in [0.15, 0.2) is 0 Å². The Kier molecular flexibility index (Phi) is 4.14. The SMILES string of the molecule is CN(C(=O)c1ccc(Br)cc1)c1cc(C(=O)O)ccn1.